The fourth-order valence-corrected chi connectivity index (χ4v) is 3.22. The van der Waals surface area contributed by atoms with Crippen molar-refractivity contribution in [3.63, 3.8) is 0 Å². The lowest BCUT2D eigenvalue weighted by molar-refractivity contribution is -0.132. The van der Waals surface area contributed by atoms with E-state index in [1.54, 1.807) is 0 Å². The van der Waals surface area contributed by atoms with Crippen LogP contribution >= 0.6 is 0 Å². The third kappa shape index (κ3) is 5.16. The first-order chi connectivity index (χ1) is 10.2. The highest BCUT2D eigenvalue weighted by Gasteiger charge is 2.22. The van der Waals surface area contributed by atoms with Crippen molar-refractivity contribution in [2.24, 2.45) is 11.7 Å². The monoisotopic (exact) mass is 288 g/mol. The molecule has 0 unspecified atom stereocenters. The average molecular weight is 288 g/mol. The van der Waals surface area contributed by atoms with E-state index in [9.17, 15) is 4.79 Å². The fourth-order valence-electron chi connectivity index (χ4n) is 3.22. The Bertz CT molecular complexity index is 426. The summed E-state index contributed by atoms with van der Waals surface area (Å²) in [7, 11) is 1.90. The molecule has 1 amide bonds. The van der Waals surface area contributed by atoms with Gasteiger partial charge in [0.15, 0.2) is 0 Å². The molecule has 2 rings (SSSR count). The summed E-state index contributed by atoms with van der Waals surface area (Å²) in [4.78, 5) is 14.2. The molecule has 1 aromatic carbocycles. The molecule has 0 aromatic heterocycles. The molecule has 1 aromatic rings. The number of hydrogen-bond acceptors (Lipinski definition) is 2. The van der Waals surface area contributed by atoms with Crippen LogP contribution in [0.25, 0.3) is 0 Å². The number of rotatable bonds is 6. The Morgan fingerprint density at radius 1 is 1.24 bits per heavy atom. The van der Waals surface area contributed by atoms with Crippen LogP contribution in [-0.2, 0) is 11.2 Å². The predicted molar refractivity (Wildman–Crippen MR) is 87.0 cm³/mol. The van der Waals surface area contributed by atoms with Crippen molar-refractivity contribution < 1.29 is 4.79 Å². The molecule has 1 saturated carbocycles. The molecule has 1 aliphatic rings. The van der Waals surface area contributed by atoms with E-state index in [1.807, 2.05) is 30.1 Å². The van der Waals surface area contributed by atoms with Crippen molar-refractivity contribution in [2.75, 3.05) is 13.6 Å². The first-order valence-electron chi connectivity index (χ1n) is 8.21. The van der Waals surface area contributed by atoms with Crippen LogP contribution in [0.3, 0.4) is 0 Å². The van der Waals surface area contributed by atoms with Crippen LogP contribution in [0.15, 0.2) is 30.3 Å². The summed E-state index contributed by atoms with van der Waals surface area (Å²) < 4.78 is 0. The van der Waals surface area contributed by atoms with Crippen molar-refractivity contribution in [3.8, 4) is 0 Å². The van der Waals surface area contributed by atoms with Gasteiger partial charge < -0.3 is 10.6 Å². The van der Waals surface area contributed by atoms with E-state index in [2.05, 4.69) is 12.1 Å². The summed E-state index contributed by atoms with van der Waals surface area (Å²) >= 11 is 0. The zero-order valence-electron chi connectivity index (χ0n) is 13.1. The number of carbonyl (C=O) groups excluding carboxylic acids is 1. The maximum atomic E-state index is 12.3. The molecular formula is C18H28N2O. The number of nitrogens with zero attached hydrogens (tertiary/aromatic N) is 1. The SMILES string of the molecule is CN(CC1CCCCC1)C(=O)[C@@H](N)CCc1ccccc1. The van der Waals surface area contributed by atoms with Gasteiger partial charge in [0.25, 0.3) is 0 Å². The van der Waals surface area contributed by atoms with Crippen LogP contribution in [0, 0.1) is 5.92 Å². The molecule has 3 heteroatoms. The second-order valence-electron chi connectivity index (χ2n) is 6.35. The molecule has 1 aliphatic carbocycles. The van der Waals surface area contributed by atoms with Gasteiger partial charge in [-0.3, -0.25) is 4.79 Å². The minimum atomic E-state index is -0.376. The molecule has 2 N–H and O–H groups in total. The quantitative estimate of drug-likeness (QED) is 0.874. The lowest BCUT2D eigenvalue weighted by atomic mass is 9.89. The van der Waals surface area contributed by atoms with Gasteiger partial charge in [-0.2, -0.15) is 0 Å². The van der Waals surface area contributed by atoms with E-state index in [0.29, 0.717) is 5.92 Å². The van der Waals surface area contributed by atoms with E-state index in [-0.39, 0.29) is 11.9 Å². The summed E-state index contributed by atoms with van der Waals surface area (Å²) in [6.45, 7) is 0.873. The van der Waals surface area contributed by atoms with E-state index in [1.165, 1.54) is 37.7 Å². The molecule has 0 heterocycles. The zero-order chi connectivity index (χ0) is 15.1. The molecule has 1 atom stereocenters. The highest BCUT2D eigenvalue weighted by molar-refractivity contribution is 5.81. The van der Waals surface area contributed by atoms with Crippen molar-refractivity contribution in [1.82, 2.24) is 4.90 Å². The van der Waals surface area contributed by atoms with Gasteiger partial charge in [0.2, 0.25) is 5.91 Å². The molecule has 21 heavy (non-hydrogen) atoms. The Labute approximate surface area is 128 Å². The van der Waals surface area contributed by atoms with Crippen molar-refractivity contribution in [2.45, 2.75) is 51.0 Å². The first kappa shape index (κ1) is 16.0. The van der Waals surface area contributed by atoms with Crippen LogP contribution in [-0.4, -0.2) is 30.4 Å². The Kier molecular flexibility index (Phi) is 6.24. The average Bonchev–Trinajstić information content (AvgIpc) is 2.53. The van der Waals surface area contributed by atoms with Gasteiger partial charge in [0, 0.05) is 13.6 Å². The molecule has 0 spiro atoms. The number of nitrogens with two attached hydrogens (primary N) is 1. The summed E-state index contributed by atoms with van der Waals surface area (Å²) in [6.07, 6.45) is 8.08. The van der Waals surface area contributed by atoms with Crippen LogP contribution in [0.2, 0.25) is 0 Å². The minimum Gasteiger partial charge on any atom is -0.344 e. The van der Waals surface area contributed by atoms with Crippen LogP contribution in [0.5, 0.6) is 0 Å². The van der Waals surface area contributed by atoms with Gasteiger partial charge >= 0.3 is 0 Å². The first-order valence-corrected chi connectivity index (χ1v) is 8.21. The predicted octanol–water partition coefficient (Wildman–Crippen LogP) is 2.99. The van der Waals surface area contributed by atoms with E-state index >= 15 is 0 Å². The molecule has 0 aliphatic heterocycles. The molecule has 3 nitrogen and oxygen atoms in total. The summed E-state index contributed by atoms with van der Waals surface area (Å²) in [5, 5.41) is 0. The lowest BCUT2D eigenvalue weighted by Gasteiger charge is -2.28. The molecule has 1 fully saturated rings. The summed E-state index contributed by atoms with van der Waals surface area (Å²) in [6, 6.07) is 9.85. The number of likely N-dealkylation sites (N-methyl/N-ethyl adjacent to an activating group) is 1. The normalized spacial score (nSPS) is 17.4. The Morgan fingerprint density at radius 3 is 2.57 bits per heavy atom. The molecule has 0 radical (unpaired) electrons. The smallest absolute Gasteiger partial charge is 0.239 e. The van der Waals surface area contributed by atoms with Gasteiger partial charge in [0.05, 0.1) is 6.04 Å². The van der Waals surface area contributed by atoms with E-state index in [4.69, 9.17) is 5.73 Å². The van der Waals surface area contributed by atoms with Crippen molar-refractivity contribution >= 4 is 5.91 Å². The van der Waals surface area contributed by atoms with Crippen molar-refractivity contribution in [1.29, 1.82) is 0 Å². The molecular weight excluding hydrogens is 260 g/mol. The van der Waals surface area contributed by atoms with Crippen LogP contribution < -0.4 is 5.73 Å². The minimum absolute atomic E-state index is 0.0940. The van der Waals surface area contributed by atoms with Crippen molar-refractivity contribution in [3.05, 3.63) is 35.9 Å². The van der Waals surface area contributed by atoms with Gasteiger partial charge in [-0.1, -0.05) is 49.6 Å². The van der Waals surface area contributed by atoms with Gasteiger partial charge in [0.1, 0.15) is 0 Å². The van der Waals surface area contributed by atoms with Crippen LogP contribution in [0.1, 0.15) is 44.1 Å². The van der Waals surface area contributed by atoms with Gasteiger partial charge in [-0.05, 0) is 37.2 Å². The highest BCUT2D eigenvalue weighted by Crippen LogP contribution is 2.24. The van der Waals surface area contributed by atoms with Gasteiger partial charge in [-0.25, -0.2) is 0 Å². The Hall–Kier alpha value is -1.35. The second kappa shape index (κ2) is 8.18. The molecule has 0 bridgehead atoms. The van der Waals surface area contributed by atoms with E-state index in [0.717, 1.165) is 19.4 Å². The molecule has 0 saturated heterocycles. The fraction of sp³-hybridized carbons (Fsp3) is 0.611. The number of aryl methyl sites for hydroxylation is 1. The summed E-state index contributed by atoms with van der Waals surface area (Å²) in [5.74, 6) is 0.769. The standard InChI is InChI=1S/C18H28N2O/c1-20(14-16-10-6-3-7-11-16)18(21)17(19)13-12-15-8-4-2-5-9-15/h2,4-5,8-9,16-17H,3,6-7,10-14,19H2,1H3/t17-/m0/s1. The highest BCUT2D eigenvalue weighted by atomic mass is 16.2. The number of amides is 1. The Morgan fingerprint density at radius 2 is 1.90 bits per heavy atom. The van der Waals surface area contributed by atoms with Gasteiger partial charge in [-0.15, -0.1) is 0 Å². The maximum Gasteiger partial charge on any atom is 0.239 e. The molecule has 116 valence electrons. The zero-order valence-corrected chi connectivity index (χ0v) is 13.1. The van der Waals surface area contributed by atoms with E-state index < -0.39 is 0 Å². The van der Waals surface area contributed by atoms with Crippen LogP contribution in [0.4, 0.5) is 0 Å². The number of carbonyl (C=O) groups is 1. The lowest BCUT2D eigenvalue weighted by Crippen LogP contribution is -2.44. The topological polar surface area (TPSA) is 46.3 Å². The summed E-state index contributed by atoms with van der Waals surface area (Å²) in [5.41, 5.74) is 7.33. The number of benzene rings is 1. The Balaban J connectivity index is 1.75. The third-order valence-electron chi connectivity index (χ3n) is 4.54. The largest absolute Gasteiger partial charge is 0.344 e. The third-order valence-corrected chi connectivity index (χ3v) is 4.54. The number of hydrogen-bond donors (Lipinski definition) is 1. The maximum absolute atomic E-state index is 12.3. The second-order valence-corrected chi connectivity index (χ2v) is 6.35.